The fourth-order valence-corrected chi connectivity index (χ4v) is 1.24. The van der Waals surface area contributed by atoms with Crippen molar-refractivity contribution >= 4 is 17.6 Å². The predicted octanol–water partition coefficient (Wildman–Crippen LogP) is 0.755. The predicted molar refractivity (Wildman–Crippen MR) is 57.7 cm³/mol. The van der Waals surface area contributed by atoms with Crippen LogP contribution in [0.3, 0.4) is 0 Å². The lowest BCUT2D eigenvalue weighted by atomic mass is 10.2. The molecule has 0 bridgehead atoms. The smallest absolute Gasteiger partial charge is 0.335 e. The number of aromatic nitrogens is 3. The van der Waals surface area contributed by atoms with Crippen LogP contribution in [0.25, 0.3) is 0 Å². The van der Waals surface area contributed by atoms with Crippen LogP contribution in [-0.2, 0) is 0 Å². The molecule has 7 heteroatoms. The van der Waals surface area contributed by atoms with Crippen molar-refractivity contribution in [1.29, 1.82) is 0 Å². The molecule has 0 unspecified atom stereocenters. The largest absolute Gasteiger partial charge is 0.478 e. The molecule has 1 heterocycles. The van der Waals surface area contributed by atoms with Gasteiger partial charge in [0.15, 0.2) is 5.69 Å². The normalized spacial score (nSPS) is 9.88. The number of carboxylic acid groups (broad SMARTS) is 1. The summed E-state index contributed by atoms with van der Waals surface area (Å²) >= 11 is 0. The molecular weight excluding hydrogens is 224 g/mol. The first-order valence-electron chi connectivity index (χ1n) is 4.67. The summed E-state index contributed by atoms with van der Waals surface area (Å²) in [4.78, 5) is 22.3. The zero-order chi connectivity index (χ0) is 12.3. The summed E-state index contributed by atoms with van der Waals surface area (Å²) in [6.45, 7) is 0. The number of hydrogen-bond acceptors (Lipinski definition) is 4. The van der Waals surface area contributed by atoms with Gasteiger partial charge in [-0.25, -0.2) is 4.79 Å². The van der Waals surface area contributed by atoms with E-state index in [4.69, 9.17) is 5.11 Å². The van der Waals surface area contributed by atoms with Gasteiger partial charge in [0.2, 0.25) is 0 Å². The Morgan fingerprint density at radius 1 is 1.35 bits per heavy atom. The number of benzene rings is 1. The van der Waals surface area contributed by atoms with Gasteiger partial charge in [-0.1, -0.05) is 6.07 Å². The van der Waals surface area contributed by atoms with Gasteiger partial charge in [-0.3, -0.25) is 4.79 Å². The van der Waals surface area contributed by atoms with Gasteiger partial charge in [0.05, 0.1) is 11.8 Å². The molecule has 0 aliphatic heterocycles. The van der Waals surface area contributed by atoms with Gasteiger partial charge in [0, 0.05) is 5.69 Å². The Morgan fingerprint density at radius 2 is 2.18 bits per heavy atom. The molecule has 0 atom stereocenters. The highest BCUT2D eigenvalue weighted by molar-refractivity contribution is 6.03. The molecule has 0 saturated heterocycles. The molecule has 1 aromatic heterocycles. The van der Waals surface area contributed by atoms with E-state index in [9.17, 15) is 9.59 Å². The van der Waals surface area contributed by atoms with E-state index in [1.54, 1.807) is 12.1 Å². The molecule has 1 aromatic carbocycles. The van der Waals surface area contributed by atoms with Gasteiger partial charge >= 0.3 is 5.97 Å². The molecule has 2 aromatic rings. The van der Waals surface area contributed by atoms with Crippen molar-refractivity contribution in [2.45, 2.75) is 0 Å². The molecule has 0 radical (unpaired) electrons. The third kappa shape index (κ3) is 2.46. The van der Waals surface area contributed by atoms with Crippen LogP contribution in [0.2, 0.25) is 0 Å². The summed E-state index contributed by atoms with van der Waals surface area (Å²) in [5.41, 5.74) is 0.617. The molecule has 1 amide bonds. The number of carboxylic acids is 1. The van der Waals surface area contributed by atoms with E-state index >= 15 is 0 Å². The van der Waals surface area contributed by atoms with Gasteiger partial charge < -0.3 is 10.4 Å². The monoisotopic (exact) mass is 232 g/mol. The van der Waals surface area contributed by atoms with Crippen LogP contribution in [0.5, 0.6) is 0 Å². The van der Waals surface area contributed by atoms with Crippen molar-refractivity contribution in [3.8, 4) is 0 Å². The summed E-state index contributed by atoms with van der Waals surface area (Å²) in [7, 11) is 0. The zero-order valence-electron chi connectivity index (χ0n) is 8.54. The van der Waals surface area contributed by atoms with E-state index in [0.717, 1.165) is 0 Å². The number of aromatic carboxylic acids is 1. The molecule has 0 fully saturated rings. The second-order valence-electron chi connectivity index (χ2n) is 3.20. The van der Waals surface area contributed by atoms with E-state index in [0.29, 0.717) is 5.69 Å². The minimum absolute atomic E-state index is 0.1000. The van der Waals surface area contributed by atoms with Gasteiger partial charge in [-0.05, 0) is 18.2 Å². The Kier molecular flexibility index (Phi) is 2.82. The Morgan fingerprint density at radius 3 is 2.82 bits per heavy atom. The van der Waals surface area contributed by atoms with Crippen LogP contribution < -0.4 is 5.32 Å². The van der Waals surface area contributed by atoms with Crippen molar-refractivity contribution in [2.75, 3.05) is 5.32 Å². The molecule has 0 spiro atoms. The number of carbonyl (C=O) groups excluding carboxylic acids is 1. The maximum absolute atomic E-state index is 11.6. The van der Waals surface area contributed by atoms with Gasteiger partial charge in [0.25, 0.3) is 5.91 Å². The summed E-state index contributed by atoms with van der Waals surface area (Å²) in [6.07, 6.45) is 1.27. The van der Waals surface area contributed by atoms with Gasteiger partial charge in [-0.2, -0.15) is 15.4 Å². The van der Waals surface area contributed by atoms with E-state index in [-0.39, 0.29) is 11.3 Å². The Labute approximate surface area is 95.5 Å². The molecule has 0 aliphatic rings. The highest BCUT2D eigenvalue weighted by Gasteiger charge is 2.10. The quantitative estimate of drug-likeness (QED) is 0.723. The second-order valence-corrected chi connectivity index (χ2v) is 3.20. The SMILES string of the molecule is O=C(O)c1cccc(NC(=O)c2cn[nH]n2)c1. The Bertz CT molecular complexity index is 550. The average Bonchev–Trinajstić information content (AvgIpc) is 2.82. The molecule has 2 rings (SSSR count). The van der Waals surface area contributed by atoms with Crippen LogP contribution in [0.4, 0.5) is 5.69 Å². The molecule has 17 heavy (non-hydrogen) atoms. The summed E-state index contributed by atoms with van der Waals surface area (Å²) in [5, 5.41) is 20.7. The molecule has 7 nitrogen and oxygen atoms in total. The van der Waals surface area contributed by atoms with Crippen LogP contribution in [0.1, 0.15) is 20.8 Å². The van der Waals surface area contributed by atoms with Gasteiger partial charge in [-0.15, -0.1) is 0 Å². The summed E-state index contributed by atoms with van der Waals surface area (Å²) < 4.78 is 0. The second kappa shape index (κ2) is 4.44. The minimum Gasteiger partial charge on any atom is -0.478 e. The van der Waals surface area contributed by atoms with Crippen molar-refractivity contribution in [1.82, 2.24) is 15.4 Å². The molecular formula is C10H8N4O3. The third-order valence-electron chi connectivity index (χ3n) is 2.02. The molecule has 3 N–H and O–H groups in total. The summed E-state index contributed by atoms with van der Waals surface area (Å²) in [6, 6.07) is 5.93. The first-order valence-corrected chi connectivity index (χ1v) is 4.67. The van der Waals surface area contributed by atoms with Gasteiger partial charge in [0.1, 0.15) is 0 Å². The standard InChI is InChI=1S/C10H8N4O3/c15-9(8-5-11-14-13-8)12-7-3-1-2-6(4-7)10(16)17/h1-5H,(H,12,15)(H,16,17)(H,11,13,14). The number of carbonyl (C=O) groups is 2. The van der Waals surface area contributed by atoms with E-state index in [1.165, 1.54) is 18.3 Å². The summed E-state index contributed by atoms with van der Waals surface area (Å²) in [5.74, 6) is -1.51. The van der Waals surface area contributed by atoms with Crippen LogP contribution in [-0.4, -0.2) is 32.4 Å². The fourth-order valence-electron chi connectivity index (χ4n) is 1.24. The number of rotatable bonds is 3. The third-order valence-corrected chi connectivity index (χ3v) is 2.02. The van der Waals surface area contributed by atoms with Crippen molar-refractivity contribution < 1.29 is 14.7 Å². The topological polar surface area (TPSA) is 108 Å². The lowest BCUT2D eigenvalue weighted by molar-refractivity contribution is 0.0696. The van der Waals surface area contributed by atoms with Crippen molar-refractivity contribution in [3.63, 3.8) is 0 Å². The number of aromatic amines is 1. The van der Waals surface area contributed by atoms with Crippen LogP contribution >= 0.6 is 0 Å². The maximum Gasteiger partial charge on any atom is 0.335 e. The van der Waals surface area contributed by atoms with Crippen molar-refractivity contribution in [3.05, 3.63) is 41.7 Å². The first kappa shape index (κ1) is 10.8. The highest BCUT2D eigenvalue weighted by Crippen LogP contribution is 2.11. The molecule has 0 saturated carbocycles. The number of H-pyrrole nitrogens is 1. The average molecular weight is 232 g/mol. The number of nitrogens with zero attached hydrogens (tertiary/aromatic N) is 2. The Hall–Kier alpha value is -2.70. The number of hydrogen-bond donors (Lipinski definition) is 3. The zero-order valence-corrected chi connectivity index (χ0v) is 8.54. The van der Waals surface area contributed by atoms with E-state index in [2.05, 4.69) is 20.7 Å². The number of anilines is 1. The first-order chi connectivity index (χ1) is 8.16. The van der Waals surface area contributed by atoms with E-state index in [1.807, 2.05) is 0 Å². The Balaban J connectivity index is 2.16. The van der Waals surface area contributed by atoms with E-state index < -0.39 is 11.9 Å². The molecule has 0 aliphatic carbocycles. The number of amides is 1. The minimum atomic E-state index is -1.05. The lowest BCUT2D eigenvalue weighted by Crippen LogP contribution is -2.12. The fraction of sp³-hybridized carbons (Fsp3) is 0. The maximum atomic E-state index is 11.6. The lowest BCUT2D eigenvalue weighted by Gasteiger charge is -2.03. The van der Waals surface area contributed by atoms with Crippen molar-refractivity contribution in [2.24, 2.45) is 0 Å². The van der Waals surface area contributed by atoms with Crippen LogP contribution in [0, 0.1) is 0 Å². The highest BCUT2D eigenvalue weighted by atomic mass is 16.4. The number of nitrogens with one attached hydrogen (secondary N) is 2. The van der Waals surface area contributed by atoms with Crippen LogP contribution in [0.15, 0.2) is 30.5 Å². The molecule has 86 valence electrons.